The molecule has 0 radical (unpaired) electrons. The molecule has 2 aromatic rings. The Kier molecular flexibility index (Phi) is 3.33. The lowest BCUT2D eigenvalue weighted by Crippen LogP contribution is -2.16. The normalized spacial score (nSPS) is 11.4. The summed E-state index contributed by atoms with van der Waals surface area (Å²) < 4.78 is 39.8. The maximum atomic E-state index is 12.0. The summed E-state index contributed by atoms with van der Waals surface area (Å²) in [5, 5.41) is 9.67. The van der Waals surface area contributed by atoms with Gasteiger partial charge in [-0.2, -0.15) is 0 Å². The van der Waals surface area contributed by atoms with Gasteiger partial charge in [-0.3, -0.25) is 0 Å². The van der Waals surface area contributed by atoms with Crippen LogP contribution in [-0.4, -0.2) is 16.5 Å². The largest absolute Gasteiger partial charge is 0.573 e. The molecule has 0 saturated carbocycles. The summed E-state index contributed by atoms with van der Waals surface area (Å²) in [6.45, 7) is 1.75. The molecule has 0 amide bonds. The van der Waals surface area contributed by atoms with Gasteiger partial charge in [-0.15, -0.1) is 13.2 Å². The van der Waals surface area contributed by atoms with Gasteiger partial charge in [0.1, 0.15) is 17.2 Å². The molecule has 100 valence electrons. The van der Waals surface area contributed by atoms with E-state index in [-0.39, 0.29) is 11.5 Å². The fourth-order valence-electron chi connectivity index (χ4n) is 1.58. The third-order valence-electron chi connectivity index (χ3n) is 2.37. The molecule has 0 aliphatic carbocycles. The molecule has 1 N–H and O–H groups in total. The first kappa shape index (κ1) is 13.2. The molecule has 0 aliphatic rings. The maximum absolute atomic E-state index is 12.0. The SMILES string of the molecule is Cc1ccc(O)c(-c2ccc(OC(F)(F)F)cc2)n1. The molecule has 1 heterocycles. The topological polar surface area (TPSA) is 42.4 Å². The van der Waals surface area contributed by atoms with E-state index in [1.54, 1.807) is 13.0 Å². The van der Waals surface area contributed by atoms with E-state index in [0.717, 1.165) is 0 Å². The Balaban J connectivity index is 2.30. The van der Waals surface area contributed by atoms with Crippen molar-refractivity contribution in [1.29, 1.82) is 0 Å². The van der Waals surface area contributed by atoms with Crippen LogP contribution in [-0.2, 0) is 0 Å². The lowest BCUT2D eigenvalue weighted by atomic mass is 10.1. The quantitative estimate of drug-likeness (QED) is 0.904. The smallest absolute Gasteiger partial charge is 0.506 e. The van der Waals surface area contributed by atoms with Crippen molar-refractivity contribution >= 4 is 0 Å². The van der Waals surface area contributed by atoms with E-state index < -0.39 is 6.36 Å². The Morgan fingerprint density at radius 2 is 1.68 bits per heavy atom. The molecular weight excluding hydrogens is 259 g/mol. The molecule has 0 spiro atoms. The van der Waals surface area contributed by atoms with E-state index in [4.69, 9.17) is 0 Å². The highest BCUT2D eigenvalue weighted by Crippen LogP contribution is 2.30. The summed E-state index contributed by atoms with van der Waals surface area (Å²) >= 11 is 0. The van der Waals surface area contributed by atoms with E-state index >= 15 is 0 Å². The van der Waals surface area contributed by atoms with Crippen LogP contribution in [0, 0.1) is 6.92 Å². The molecule has 19 heavy (non-hydrogen) atoms. The first-order valence-electron chi connectivity index (χ1n) is 5.38. The van der Waals surface area contributed by atoms with Crippen LogP contribution in [0.1, 0.15) is 5.69 Å². The van der Waals surface area contributed by atoms with Crippen molar-refractivity contribution in [2.75, 3.05) is 0 Å². The van der Waals surface area contributed by atoms with Gasteiger partial charge in [0.05, 0.1) is 0 Å². The minimum atomic E-state index is -4.72. The average Bonchev–Trinajstić information content (AvgIpc) is 2.31. The Bertz CT molecular complexity index is 579. The Morgan fingerprint density at radius 3 is 2.26 bits per heavy atom. The average molecular weight is 269 g/mol. The monoisotopic (exact) mass is 269 g/mol. The molecule has 0 fully saturated rings. The third kappa shape index (κ3) is 3.37. The summed E-state index contributed by atoms with van der Waals surface area (Å²) in [7, 11) is 0. The van der Waals surface area contributed by atoms with Crippen molar-refractivity contribution in [1.82, 2.24) is 4.98 Å². The van der Waals surface area contributed by atoms with Crippen LogP contribution >= 0.6 is 0 Å². The number of nitrogens with zero attached hydrogens (tertiary/aromatic N) is 1. The molecule has 0 bridgehead atoms. The predicted octanol–water partition coefficient (Wildman–Crippen LogP) is 3.66. The van der Waals surface area contributed by atoms with Gasteiger partial charge in [-0.1, -0.05) is 0 Å². The zero-order valence-corrected chi connectivity index (χ0v) is 9.90. The fraction of sp³-hybridized carbons (Fsp3) is 0.154. The Hall–Kier alpha value is -2.24. The summed E-state index contributed by atoms with van der Waals surface area (Å²) in [6, 6.07) is 8.28. The highest BCUT2D eigenvalue weighted by molar-refractivity contribution is 5.66. The second kappa shape index (κ2) is 4.79. The van der Waals surface area contributed by atoms with Crippen LogP contribution in [0.5, 0.6) is 11.5 Å². The number of ether oxygens (including phenoxy) is 1. The van der Waals surface area contributed by atoms with Crippen molar-refractivity contribution in [2.45, 2.75) is 13.3 Å². The fourth-order valence-corrected chi connectivity index (χ4v) is 1.58. The second-order valence-electron chi connectivity index (χ2n) is 3.89. The van der Waals surface area contributed by atoms with E-state index in [2.05, 4.69) is 9.72 Å². The van der Waals surface area contributed by atoms with Gasteiger partial charge in [0.15, 0.2) is 0 Å². The van der Waals surface area contributed by atoms with Gasteiger partial charge in [-0.25, -0.2) is 4.98 Å². The number of hydrogen-bond acceptors (Lipinski definition) is 3. The first-order chi connectivity index (χ1) is 8.85. The zero-order chi connectivity index (χ0) is 14.0. The highest BCUT2D eigenvalue weighted by atomic mass is 19.4. The van der Waals surface area contributed by atoms with E-state index in [0.29, 0.717) is 17.0 Å². The number of alkyl halides is 3. The van der Waals surface area contributed by atoms with E-state index in [1.165, 1.54) is 30.3 Å². The molecule has 6 heteroatoms. The minimum absolute atomic E-state index is 0.0323. The van der Waals surface area contributed by atoms with Crippen molar-refractivity contribution in [2.24, 2.45) is 0 Å². The van der Waals surface area contributed by atoms with Crippen LogP contribution in [0.2, 0.25) is 0 Å². The molecule has 1 aromatic carbocycles. The first-order valence-corrected chi connectivity index (χ1v) is 5.38. The molecule has 1 aromatic heterocycles. The number of rotatable bonds is 2. The molecular formula is C13H10F3NO2. The van der Waals surface area contributed by atoms with Gasteiger partial charge in [0, 0.05) is 11.3 Å². The molecule has 0 aliphatic heterocycles. The predicted molar refractivity (Wildman–Crippen MR) is 62.8 cm³/mol. The number of pyridine rings is 1. The van der Waals surface area contributed by atoms with Crippen molar-refractivity contribution in [3.8, 4) is 22.8 Å². The molecule has 3 nitrogen and oxygen atoms in total. The van der Waals surface area contributed by atoms with E-state index in [1.807, 2.05) is 0 Å². The maximum Gasteiger partial charge on any atom is 0.573 e. The molecule has 2 rings (SSSR count). The van der Waals surface area contributed by atoms with Crippen LogP contribution in [0.4, 0.5) is 13.2 Å². The van der Waals surface area contributed by atoms with Gasteiger partial charge >= 0.3 is 6.36 Å². The standard InChI is InChI=1S/C13H10F3NO2/c1-8-2-7-11(18)12(17-8)9-3-5-10(6-4-9)19-13(14,15)16/h2-7,18H,1H3. The lowest BCUT2D eigenvalue weighted by Gasteiger charge is -2.09. The van der Waals surface area contributed by atoms with Crippen LogP contribution in [0.3, 0.4) is 0 Å². The summed E-state index contributed by atoms with van der Waals surface area (Å²) in [6.07, 6.45) is -4.72. The number of aromatic nitrogens is 1. The van der Waals surface area contributed by atoms with Gasteiger partial charge < -0.3 is 9.84 Å². The number of halogens is 3. The van der Waals surface area contributed by atoms with Gasteiger partial charge in [-0.05, 0) is 43.3 Å². The number of benzene rings is 1. The summed E-state index contributed by atoms with van der Waals surface area (Å²) in [4.78, 5) is 4.13. The molecule has 0 atom stereocenters. The van der Waals surface area contributed by atoms with Gasteiger partial charge in [0.25, 0.3) is 0 Å². The van der Waals surface area contributed by atoms with Gasteiger partial charge in [0.2, 0.25) is 0 Å². The van der Waals surface area contributed by atoms with E-state index in [9.17, 15) is 18.3 Å². The zero-order valence-electron chi connectivity index (χ0n) is 9.90. The van der Waals surface area contributed by atoms with Crippen molar-refractivity contribution in [3.63, 3.8) is 0 Å². The number of hydrogen-bond donors (Lipinski definition) is 1. The Labute approximate surface area is 107 Å². The Morgan fingerprint density at radius 1 is 1.05 bits per heavy atom. The molecule has 0 unspecified atom stereocenters. The summed E-state index contributed by atoms with van der Waals surface area (Å²) in [5.41, 5.74) is 1.53. The van der Waals surface area contributed by atoms with Crippen molar-refractivity contribution < 1.29 is 23.0 Å². The summed E-state index contributed by atoms with van der Waals surface area (Å²) in [5.74, 6) is -0.349. The number of aromatic hydroxyl groups is 1. The van der Waals surface area contributed by atoms with Crippen molar-refractivity contribution in [3.05, 3.63) is 42.1 Å². The lowest BCUT2D eigenvalue weighted by molar-refractivity contribution is -0.274. The highest BCUT2D eigenvalue weighted by Gasteiger charge is 2.30. The van der Waals surface area contributed by atoms with Crippen LogP contribution < -0.4 is 4.74 Å². The minimum Gasteiger partial charge on any atom is -0.506 e. The number of aryl methyl sites for hydroxylation is 1. The third-order valence-corrected chi connectivity index (χ3v) is 2.37. The second-order valence-corrected chi connectivity index (χ2v) is 3.89. The van der Waals surface area contributed by atoms with Crippen LogP contribution in [0.15, 0.2) is 36.4 Å². The van der Waals surface area contributed by atoms with Crippen LogP contribution in [0.25, 0.3) is 11.3 Å². The molecule has 0 saturated heterocycles.